The average Bonchev–Trinajstić information content (AvgIpc) is 2.03. The third-order valence-electron chi connectivity index (χ3n) is 2.27. The summed E-state index contributed by atoms with van der Waals surface area (Å²) in [4.78, 5) is 0. The third kappa shape index (κ3) is 6.44. The van der Waals surface area contributed by atoms with E-state index in [1.807, 2.05) is 0 Å². The molecule has 16 heavy (non-hydrogen) atoms. The maximum absolute atomic E-state index is 2.53. The Morgan fingerprint density at radius 1 is 0.750 bits per heavy atom. The predicted molar refractivity (Wildman–Crippen MR) is 80.1 cm³/mol. The van der Waals surface area contributed by atoms with Crippen molar-refractivity contribution in [1.29, 1.82) is 0 Å². The van der Waals surface area contributed by atoms with Crippen molar-refractivity contribution in [2.75, 3.05) is 0 Å². The smallest absolute Gasteiger partial charge is 0.00871 e. The molecule has 1 aliphatic carbocycles. The Labute approximate surface area is 111 Å². The molecule has 2 atom stereocenters. The second-order valence-electron chi connectivity index (χ2n) is 6.48. The van der Waals surface area contributed by atoms with Crippen molar-refractivity contribution in [2.24, 2.45) is 0 Å². The summed E-state index contributed by atoms with van der Waals surface area (Å²) in [5.74, 6) is 0. The van der Waals surface area contributed by atoms with Gasteiger partial charge in [-0.15, -0.1) is 0 Å². The Morgan fingerprint density at radius 3 is 1.25 bits per heavy atom. The summed E-state index contributed by atoms with van der Waals surface area (Å²) >= 11 is 4.20. The molecule has 1 saturated carbocycles. The molecule has 1 fully saturated rings. The molecule has 0 aliphatic heterocycles. The van der Waals surface area contributed by atoms with Crippen molar-refractivity contribution < 1.29 is 0 Å². The third-order valence-corrected chi connectivity index (χ3v) is 5.06. The van der Waals surface area contributed by atoms with Crippen LogP contribution in [0.5, 0.6) is 0 Å². The first-order chi connectivity index (χ1) is 7.16. The maximum atomic E-state index is 2.53. The number of hydrogen-bond acceptors (Lipinski definition) is 2. The lowest BCUT2D eigenvalue weighted by Gasteiger charge is -2.34. The summed E-state index contributed by atoms with van der Waals surface area (Å²) in [6.07, 6.45) is 7.55. The SMILES string of the molecule is CC(C)(C)SC1[CH]CC(SC(C)(C)C)[CH]C1. The van der Waals surface area contributed by atoms with Crippen LogP contribution in [0.3, 0.4) is 0 Å². The molecule has 1 rings (SSSR count). The van der Waals surface area contributed by atoms with E-state index in [1.165, 1.54) is 12.8 Å². The molecule has 0 saturated heterocycles. The summed E-state index contributed by atoms with van der Waals surface area (Å²) in [6.45, 7) is 13.8. The Morgan fingerprint density at radius 2 is 1.06 bits per heavy atom. The van der Waals surface area contributed by atoms with Crippen LogP contribution in [0.15, 0.2) is 0 Å². The maximum Gasteiger partial charge on any atom is 0.00871 e. The molecule has 0 amide bonds. The van der Waals surface area contributed by atoms with Crippen LogP contribution < -0.4 is 0 Å². The minimum absolute atomic E-state index is 0.388. The summed E-state index contributed by atoms with van der Waals surface area (Å²) in [5, 5.41) is 1.47. The molecule has 0 spiro atoms. The van der Waals surface area contributed by atoms with Crippen molar-refractivity contribution in [3.05, 3.63) is 12.8 Å². The highest BCUT2D eigenvalue weighted by Gasteiger charge is 2.28. The molecule has 0 aromatic carbocycles. The Bertz CT molecular complexity index is 178. The lowest BCUT2D eigenvalue weighted by atomic mass is 10.00. The standard InChI is InChI=1S/C14H26S2/c1-13(2,3)15-11-7-9-12(10-8-11)16-14(4,5)6/h7,10-12H,8-9H2,1-6H3. The Kier molecular flexibility index (Phi) is 5.13. The van der Waals surface area contributed by atoms with Gasteiger partial charge in [0.2, 0.25) is 0 Å². The van der Waals surface area contributed by atoms with Crippen molar-refractivity contribution in [3.63, 3.8) is 0 Å². The van der Waals surface area contributed by atoms with Crippen LogP contribution in [-0.2, 0) is 0 Å². The first kappa shape index (κ1) is 14.8. The van der Waals surface area contributed by atoms with Gasteiger partial charge in [0.1, 0.15) is 0 Å². The highest BCUT2D eigenvalue weighted by molar-refractivity contribution is 8.01. The molecule has 94 valence electrons. The van der Waals surface area contributed by atoms with Gasteiger partial charge in [-0.3, -0.25) is 0 Å². The molecular weight excluding hydrogens is 232 g/mol. The second-order valence-corrected chi connectivity index (χ2v) is 10.6. The molecule has 0 heterocycles. The number of rotatable bonds is 2. The van der Waals surface area contributed by atoms with E-state index in [1.54, 1.807) is 0 Å². The van der Waals surface area contributed by atoms with Crippen molar-refractivity contribution in [1.82, 2.24) is 0 Å². The molecule has 2 unspecified atom stereocenters. The number of hydrogen-bond donors (Lipinski definition) is 0. The molecule has 0 bridgehead atoms. The quantitative estimate of drug-likeness (QED) is 0.684. The second kappa shape index (κ2) is 5.56. The first-order valence-electron chi connectivity index (χ1n) is 6.18. The van der Waals surface area contributed by atoms with Gasteiger partial charge < -0.3 is 0 Å². The van der Waals surface area contributed by atoms with Gasteiger partial charge in [-0.2, -0.15) is 23.5 Å². The lowest BCUT2D eigenvalue weighted by Crippen LogP contribution is -2.26. The van der Waals surface area contributed by atoms with Crippen LogP contribution in [0.1, 0.15) is 54.4 Å². The van der Waals surface area contributed by atoms with Gasteiger partial charge in [0.15, 0.2) is 0 Å². The van der Waals surface area contributed by atoms with Crippen LogP contribution in [0.2, 0.25) is 0 Å². The molecule has 0 nitrogen and oxygen atoms in total. The molecular formula is C14H26S2. The van der Waals surface area contributed by atoms with E-state index >= 15 is 0 Å². The van der Waals surface area contributed by atoms with E-state index in [4.69, 9.17) is 0 Å². The van der Waals surface area contributed by atoms with Gasteiger partial charge in [-0.1, -0.05) is 41.5 Å². The van der Waals surface area contributed by atoms with Crippen LogP contribution in [0, 0.1) is 12.8 Å². The van der Waals surface area contributed by atoms with E-state index < -0.39 is 0 Å². The van der Waals surface area contributed by atoms with Crippen molar-refractivity contribution in [2.45, 2.75) is 74.4 Å². The van der Waals surface area contributed by atoms with E-state index in [0.29, 0.717) is 9.49 Å². The highest BCUT2D eigenvalue weighted by Crippen LogP contribution is 2.41. The topological polar surface area (TPSA) is 0 Å². The molecule has 0 aromatic heterocycles. The minimum atomic E-state index is 0.388. The summed E-state index contributed by atoms with van der Waals surface area (Å²) < 4.78 is 0.776. The van der Waals surface area contributed by atoms with Crippen LogP contribution in [-0.4, -0.2) is 20.0 Å². The summed E-state index contributed by atoms with van der Waals surface area (Å²) in [7, 11) is 0. The lowest BCUT2D eigenvalue weighted by molar-refractivity contribution is 0.707. The zero-order valence-corrected chi connectivity index (χ0v) is 13.2. The van der Waals surface area contributed by atoms with E-state index in [-0.39, 0.29) is 0 Å². The minimum Gasteiger partial charge on any atom is -0.152 e. The molecule has 2 heteroatoms. The zero-order valence-electron chi connectivity index (χ0n) is 11.5. The highest BCUT2D eigenvalue weighted by atomic mass is 32.2. The summed E-state index contributed by atoms with van der Waals surface area (Å²) in [6, 6.07) is 0. The fourth-order valence-corrected chi connectivity index (χ4v) is 4.51. The van der Waals surface area contributed by atoms with E-state index in [9.17, 15) is 0 Å². The monoisotopic (exact) mass is 258 g/mol. The fourth-order valence-electron chi connectivity index (χ4n) is 1.86. The van der Waals surface area contributed by atoms with Gasteiger partial charge in [0.25, 0.3) is 0 Å². The van der Waals surface area contributed by atoms with Gasteiger partial charge in [0.05, 0.1) is 0 Å². The van der Waals surface area contributed by atoms with Crippen LogP contribution >= 0.6 is 23.5 Å². The largest absolute Gasteiger partial charge is 0.152 e. The Balaban J connectivity index is 2.29. The van der Waals surface area contributed by atoms with Crippen molar-refractivity contribution >= 4 is 23.5 Å². The molecule has 0 aromatic rings. The van der Waals surface area contributed by atoms with Gasteiger partial charge in [0, 0.05) is 20.0 Å². The number of thioether (sulfide) groups is 2. The van der Waals surface area contributed by atoms with E-state index in [2.05, 4.69) is 77.9 Å². The first-order valence-corrected chi connectivity index (χ1v) is 7.94. The van der Waals surface area contributed by atoms with Gasteiger partial charge >= 0.3 is 0 Å². The van der Waals surface area contributed by atoms with Crippen LogP contribution in [0.4, 0.5) is 0 Å². The van der Waals surface area contributed by atoms with Gasteiger partial charge in [-0.25, -0.2) is 0 Å². The summed E-state index contributed by atoms with van der Waals surface area (Å²) in [5.41, 5.74) is 0. The van der Waals surface area contributed by atoms with Crippen molar-refractivity contribution in [3.8, 4) is 0 Å². The fraction of sp³-hybridized carbons (Fsp3) is 0.857. The molecule has 2 radical (unpaired) electrons. The normalized spacial score (nSPS) is 28.1. The predicted octanol–water partition coefficient (Wildman–Crippen LogP) is 4.99. The van der Waals surface area contributed by atoms with Gasteiger partial charge in [-0.05, 0) is 25.7 Å². The Hall–Kier alpha value is 0.700. The van der Waals surface area contributed by atoms with E-state index in [0.717, 1.165) is 10.5 Å². The zero-order chi connectivity index (χ0) is 12.4. The molecule has 0 N–H and O–H groups in total. The van der Waals surface area contributed by atoms with Crippen LogP contribution in [0.25, 0.3) is 0 Å². The molecule has 1 aliphatic rings. The average molecular weight is 258 g/mol.